The van der Waals surface area contributed by atoms with Crippen molar-refractivity contribution in [2.45, 2.75) is 44.2 Å². The van der Waals surface area contributed by atoms with Crippen molar-refractivity contribution in [3.8, 4) is 0 Å². The van der Waals surface area contributed by atoms with E-state index in [1.54, 1.807) is 0 Å². The number of likely N-dealkylation sites (tertiary alicyclic amines) is 1. The number of carbonyl (C=O) groups excluding carboxylic acids is 1. The predicted molar refractivity (Wildman–Crippen MR) is 77.1 cm³/mol. The monoisotopic (exact) mass is 274 g/mol. The number of aryl methyl sites for hydroxylation is 2. The lowest BCUT2D eigenvalue weighted by molar-refractivity contribution is -0.142. The van der Waals surface area contributed by atoms with Gasteiger partial charge >= 0.3 is 0 Å². The van der Waals surface area contributed by atoms with Gasteiger partial charge in [0.05, 0.1) is 0 Å². The number of piperidine rings is 1. The van der Waals surface area contributed by atoms with E-state index < -0.39 is 11.5 Å². The Balaban J connectivity index is 1.70. The van der Waals surface area contributed by atoms with Gasteiger partial charge in [0.15, 0.2) is 5.60 Å². The molecule has 1 amide bonds. The summed E-state index contributed by atoms with van der Waals surface area (Å²) in [5.41, 5.74) is 8.16. The molecule has 1 fully saturated rings. The number of carbonyl (C=O) groups is 1. The lowest BCUT2D eigenvalue weighted by Crippen LogP contribution is -2.55. The molecule has 4 heteroatoms. The molecule has 108 valence electrons. The van der Waals surface area contributed by atoms with E-state index in [0.717, 1.165) is 19.5 Å². The Labute approximate surface area is 119 Å². The number of benzene rings is 1. The third kappa shape index (κ3) is 2.58. The summed E-state index contributed by atoms with van der Waals surface area (Å²) in [5, 5.41) is 10.2. The quantitative estimate of drug-likeness (QED) is 0.863. The molecule has 1 heterocycles. The van der Waals surface area contributed by atoms with Crippen LogP contribution in [0, 0.1) is 0 Å². The van der Waals surface area contributed by atoms with Gasteiger partial charge in [-0.25, -0.2) is 0 Å². The summed E-state index contributed by atoms with van der Waals surface area (Å²) in [4.78, 5) is 13.5. The van der Waals surface area contributed by atoms with Crippen molar-refractivity contribution in [3.63, 3.8) is 0 Å². The molecular formula is C16H22N2O2. The minimum absolute atomic E-state index is 0.347. The van der Waals surface area contributed by atoms with Crippen LogP contribution in [0.5, 0.6) is 0 Å². The van der Waals surface area contributed by atoms with Crippen molar-refractivity contribution >= 4 is 5.91 Å². The molecule has 0 bridgehead atoms. The van der Waals surface area contributed by atoms with Gasteiger partial charge in [0.25, 0.3) is 5.91 Å². The second-order valence-electron chi connectivity index (χ2n) is 6.17. The van der Waals surface area contributed by atoms with Crippen molar-refractivity contribution in [1.82, 2.24) is 4.90 Å². The molecule has 4 nitrogen and oxygen atoms in total. The van der Waals surface area contributed by atoms with Crippen LogP contribution in [0.15, 0.2) is 18.2 Å². The highest BCUT2D eigenvalue weighted by molar-refractivity contribution is 5.83. The normalized spacial score (nSPS) is 26.4. The number of hydrogen-bond acceptors (Lipinski definition) is 3. The number of primary amides is 1. The van der Waals surface area contributed by atoms with E-state index in [2.05, 4.69) is 23.1 Å². The van der Waals surface area contributed by atoms with Gasteiger partial charge in [-0.15, -0.1) is 0 Å². The van der Waals surface area contributed by atoms with Crippen molar-refractivity contribution in [1.29, 1.82) is 0 Å². The number of aliphatic hydroxyl groups is 1. The zero-order valence-corrected chi connectivity index (χ0v) is 11.8. The summed E-state index contributed by atoms with van der Waals surface area (Å²) in [6.45, 7) is 2.04. The number of rotatable bonds is 3. The molecule has 0 spiro atoms. The minimum atomic E-state index is -1.35. The highest BCUT2D eigenvalue weighted by Crippen LogP contribution is 2.25. The first-order chi connectivity index (χ1) is 9.57. The molecule has 1 aliphatic carbocycles. The summed E-state index contributed by atoms with van der Waals surface area (Å²) in [7, 11) is 0. The van der Waals surface area contributed by atoms with Crippen LogP contribution in [0.1, 0.15) is 36.0 Å². The Bertz CT molecular complexity index is 529. The number of β-amino-alcohol motifs (C(OH)–C–C–N with tert-alkyl or cyclic N) is 1. The van der Waals surface area contributed by atoms with Crippen LogP contribution < -0.4 is 5.73 Å². The molecule has 1 aliphatic heterocycles. The lowest BCUT2D eigenvalue weighted by Gasteiger charge is -2.37. The van der Waals surface area contributed by atoms with Crippen LogP contribution in [0.3, 0.4) is 0 Å². The van der Waals surface area contributed by atoms with Gasteiger partial charge in [-0.1, -0.05) is 18.2 Å². The third-order valence-electron chi connectivity index (χ3n) is 4.58. The maximum atomic E-state index is 11.4. The van der Waals surface area contributed by atoms with Gasteiger partial charge in [0.2, 0.25) is 0 Å². The molecule has 1 unspecified atom stereocenters. The van der Waals surface area contributed by atoms with E-state index in [9.17, 15) is 9.90 Å². The van der Waals surface area contributed by atoms with E-state index in [-0.39, 0.29) is 0 Å². The fraction of sp³-hybridized carbons (Fsp3) is 0.562. The standard InChI is InChI=1S/C16H22N2O2/c17-15(19)16(20)7-2-8-18(11-16)10-12-5-6-13-3-1-4-14(13)9-12/h5-6,9,20H,1-4,7-8,10-11H2,(H2,17,19). The first-order valence-electron chi connectivity index (χ1n) is 7.42. The largest absolute Gasteiger partial charge is 0.379 e. The fourth-order valence-corrected chi connectivity index (χ4v) is 3.44. The Kier molecular flexibility index (Phi) is 3.52. The summed E-state index contributed by atoms with van der Waals surface area (Å²) >= 11 is 0. The molecule has 1 aromatic rings. The molecule has 20 heavy (non-hydrogen) atoms. The molecule has 3 rings (SSSR count). The van der Waals surface area contributed by atoms with E-state index >= 15 is 0 Å². The number of amides is 1. The van der Waals surface area contributed by atoms with Crippen LogP contribution in [0.2, 0.25) is 0 Å². The molecule has 2 aliphatic rings. The van der Waals surface area contributed by atoms with Crippen molar-refractivity contribution in [2.75, 3.05) is 13.1 Å². The zero-order valence-electron chi connectivity index (χ0n) is 11.8. The second-order valence-corrected chi connectivity index (χ2v) is 6.17. The Morgan fingerprint density at radius 3 is 2.90 bits per heavy atom. The van der Waals surface area contributed by atoms with Gasteiger partial charge in [0.1, 0.15) is 0 Å². The average molecular weight is 274 g/mol. The first kappa shape index (κ1) is 13.6. The summed E-state index contributed by atoms with van der Waals surface area (Å²) in [5.74, 6) is -0.601. The zero-order chi connectivity index (χ0) is 14.2. The van der Waals surface area contributed by atoms with Gasteiger partial charge in [-0.05, 0) is 55.3 Å². The first-order valence-corrected chi connectivity index (χ1v) is 7.42. The van der Waals surface area contributed by atoms with Gasteiger partial charge in [0, 0.05) is 13.1 Å². The topological polar surface area (TPSA) is 66.6 Å². The predicted octanol–water partition coefficient (Wildman–Crippen LogP) is 0.987. The van der Waals surface area contributed by atoms with Gasteiger partial charge < -0.3 is 10.8 Å². The highest BCUT2D eigenvalue weighted by atomic mass is 16.3. The van der Waals surface area contributed by atoms with E-state index in [1.807, 2.05) is 0 Å². The van der Waals surface area contributed by atoms with Crippen LogP contribution in [-0.4, -0.2) is 34.6 Å². The van der Waals surface area contributed by atoms with Crippen molar-refractivity contribution in [2.24, 2.45) is 5.73 Å². The lowest BCUT2D eigenvalue weighted by atomic mass is 9.92. The summed E-state index contributed by atoms with van der Waals surface area (Å²) in [6, 6.07) is 6.67. The minimum Gasteiger partial charge on any atom is -0.379 e. The number of hydrogen-bond donors (Lipinski definition) is 2. The molecule has 0 aromatic heterocycles. The van der Waals surface area contributed by atoms with Crippen LogP contribution in [-0.2, 0) is 24.2 Å². The van der Waals surface area contributed by atoms with Crippen LogP contribution in [0.4, 0.5) is 0 Å². The molecule has 0 saturated carbocycles. The van der Waals surface area contributed by atoms with E-state index in [1.165, 1.54) is 36.0 Å². The van der Waals surface area contributed by atoms with Crippen molar-refractivity contribution in [3.05, 3.63) is 34.9 Å². The number of nitrogens with two attached hydrogens (primary N) is 1. The summed E-state index contributed by atoms with van der Waals surface area (Å²) in [6.07, 6.45) is 4.91. The highest BCUT2D eigenvalue weighted by Gasteiger charge is 2.38. The van der Waals surface area contributed by atoms with Crippen LogP contribution in [0.25, 0.3) is 0 Å². The summed E-state index contributed by atoms with van der Waals surface area (Å²) < 4.78 is 0. The Morgan fingerprint density at radius 1 is 1.30 bits per heavy atom. The second kappa shape index (κ2) is 5.19. The van der Waals surface area contributed by atoms with E-state index in [4.69, 9.17) is 5.73 Å². The molecule has 1 atom stereocenters. The maximum absolute atomic E-state index is 11.4. The van der Waals surface area contributed by atoms with Gasteiger partial charge in [-0.3, -0.25) is 9.69 Å². The molecular weight excluding hydrogens is 252 g/mol. The maximum Gasteiger partial charge on any atom is 0.250 e. The van der Waals surface area contributed by atoms with Crippen molar-refractivity contribution < 1.29 is 9.90 Å². The van der Waals surface area contributed by atoms with E-state index in [0.29, 0.717) is 13.0 Å². The van der Waals surface area contributed by atoms with Crippen LogP contribution >= 0.6 is 0 Å². The smallest absolute Gasteiger partial charge is 0.250 e. The molecule has 1 saturated heterocycles. The SMILES string of the molecule is NC(=O)C1(O)CCCN(Cc2ccc3c(c2)CCC3)C1. The van der Waals surface area contributed by atoms with Gasteiger partial charge in [-0.2, -0.15) is 0 Å². The molecule has 3 N–H and O–H groups in total. The average Bonchev–Trinajstić information content (AvgIpc) is 2.86. The Hall–Kier alpha value is -1.39. The Morgan fingerprint density at radius 2 is 2.10 bits per heavy atom. The molecule has 1 aromatic carbocycles. The number of fused-ring (bicyclic) bond motifs is 1. The number of nitrogens with zero attached hydrogens (tertiary/aromatic N) is 1. The fourth-order valence-electron chi connectivity index (χ4n) is 3.44. The molecule has 0 radical (unpaired) electrons. The third-order valence-corrected chi connectivity index (χ3v) is 4.58.